The third-order valence-electron chi connectivity index (χ3n) is 2.15. The van der Waals surface area contributed by atoms with E-state index in [1.165, 1.54) is 0 Å². The fourth-order valence-electron chi connectivity index (χ4n) is 1.42. The van der Waals surface area contributed by atoms with Crippen LogP contribution in [0.1, 0.15) is 5.69 Å². The number of hydrogen-bond donors (Lipinski definition) is 1. The maximum atomic E-state index is 4.41. The van der Waals surface area contributed by atoms with Crippen LogP contribution in [-0.2, 0) is 0 Å². The third-order valence-corrected chi connectivity index (χ3v) is 3.95. The number of halogens is 1. The van der Waals surface area contributed by atoms with E-state index >= 15 is 0 Å². The van der Waals surface area contributed by atoms with Gasteiger partial charge in [-0.25, -0.2) is 9.50 Å². The number of aryl methyl sites for hydroxylation is 1. The fraction of sp³-hybridized carbons (Fsp3) is 0.111. The monoisotopic (exact) mass is 282 g/mol. The number of thiophene rings is 1. The summed E-state index contributed by atoms with van der Waals surface area (Å²) in [6.45, 7) is 1.94. The number of nitrogens with one attached hydrogen (secondary N) is 1. The summed E-state index contributed by atoms with van der Waals surface area (Å²) in [5.74, 6) is 1.55. The summed E-state index contributed by atoms with van der Waals surface area (Å²) in [6, 6.07) is 4.04. The summed E-state index contributed by atoms with van der Waals surface area (Å²) < 4.78 is 2.76. The Kier molecular flexibility index (Phi) is 1.93. The van der Waals surface area contributed by atoms with Crippen LogP contribution < -0.4 is 0 Å². The number of H-pyrrole nitrogens is 1. The molecule has 6 heteroatoms. The van der Waals surface area contributed by atoms with E-state index in [0.717, 1.165) is 21.0 Å². The van der Waals surface area contributed by atoms with Crippen molar-refractivity contribution in [3.63, 3.8) is 0 Å². The van der Waals surface area contributed by atoms with E-state index in [1.807, 2.05) is 29.0 Å². The predicted molar refractivity (Wildman–Crippen MR) is 63.1 cm³/mol. The number of aromatic amines is 1. The van der Waals surface area contributed by atoms with Crippen LogP contribution >= 0.6 is 27.3 Å². The van der Waals surface area contributed by atoms with Crippen LogP contribution in [0.25, 0.3) is 16.5 Å². The van der Waals surface area contributed by atoms with Gasteiger partial charge >= 0.3 is 0 Å². The standard InChI is InChI=1S/C9H7BrN4S/c1-5-7(10)14-9(11-5)12-8(13-14)6-3-2-4-15-6/h2-4H,1H3,(H,11,12,13). The molecule has 0 fully saturated rings. The number of aromatic nitrogens is 4. The average molecular weight is 283 g/mol. The summed E-state index contributed by atoms with van der Waals surface area (Å²) in [5, 5.41) is 5.22. The first kappa shape index (κ1) is 9.11. The largest absolute Gasteiger partial charge is 0.272 e. The molecule has 0 radical (unpaired) electrons. The fourth-order valence-corrected chi connectivity index (χ4v) is 2.42. The molecular formula is C9H7BrN4S. The lowest BCUT2D eigenvalue weighted by Gasteiger charge is -1.89. The van der Waals surface area contributed by atoms with Crippen LogP contribution in [0.15, 0.2) is 22.1 Å². The summed E-state index contributed by atoms with van der Waals surface area (Å²) in [6.07, 6.45) is 0. The van der Waals surface area contributed by atoms with Crippen molar-refractivity contribution in [2.45, 2.75) is 6.92 Å². The Balaban J connectivity index is 2.24. The van der Waals surface area contributed by atoms with Crippen molar-refractivity contribution in [2.75, 3.05) is 0 Å². The molecule has 4 nitrogen and oxygen atoms in total. The lowest BCUT2D eigenvalue weighted by molar-refractivity contribution is 0.951. The highest BCUT2D eigenvalue weighted by atomic mass is 79.9. The van der Waals surface area contributed by atoms with Gasteiger partial charge in [-0.15, -0.1) is 11.3 Å². The summed E-state index contributed by atoms with van der Waals surface area (Å²) >= 11 is 5.11. The summed E-state index contributed by atoms with van der Waals surface area (Å²) in [4.78, 5) is 9.85. The van der Waals surface area contributed by atoms with Crippen molar-refractivity contribution in [1.29, 1.82) is 0 Å². The minimum atomic E-state index is 0.697. The highest BCUT2D eigenvalue weighted by molar-refractivity contribution is 9.10. The van der Waals surface area contributed by atoms with Gasteiger partial charge in [-0.2, -0.15) is 4.98 Å². The molecule has 3 aromatic heterocycles. The van der Waals surface area contributed by atoms with Crippen molar-refractivity contribution in [2.24, 2.45) is 0 Å². The van der Waals surface area contributed by atoms with Crippen LogP contribution in [-0.4, -0.2) is 19.6 Å². The molecular weight excluding hydrogens is 276 g/mol. The quantitative estimate of drug-likeness (QED) is 0.746. The molecule has 0 aromatic carbocycles. The van der Waals surface area contributed by atoms with Gasteiger partial charge in [0.2, 0.25) is 0 Å². The Hall–Kier alpha value is -1.14. The maximum absolute atomic E-state index is 4.41. The van der Waals surface area contributed by atoms with Gasteiger partial charge in [0.15, 0.2) is 5.82 Å². The molecule has 3 rings (SSSR count). The average Bonchev–Trinajstić information content (AvgIpc) is 2.86. The van der Waals surface area contributed by atoms with E-state index in [4.69, 9.17) is 0 Å². The molecule has 0 spiro atoms. The molecule has 0 saturated heterocycles. The van der Waals surface area contributed by atoms with Crippen LogP contribution in [0.5, 0.6) is 0 Å². The van der Waals surface area contributed by atoms with Gasteiger partial charge in [-0.3, -0.25) is 5.10 Å². The molecule has 0 saturated carbocycles. The zero-order chi connectivity index (χ0) is 10.4. The molecule has 15 heavy (non-hydrogen) atoms. The van der Waals surface area contributed by atoms with Crippen LogP contribution in [0, 0.1) is 6.92 Å². The van der Waals surface area contributed by atoms with Crippen molar-refractivity contribution in [3.8, 4) is 10.7 Å². The van der Waals surface area contributed by atoms with Crippen LogP contribution in [0.3, 0.4) is 0 Å². The number of hydrogen-bond acceptors (Lipinski definition) is 3. The first-order valence-electron chi connectivity index (χ1n) is 4.40. The zero-order valence-electron chi connectivity index (χ0n) is 7.86. The second-order valence-electron chi connectivity index (χ2n) is 3.17. The minimum absolute atomic E-state index is 0.697. The van der Waals surface area contributed by atoms with E-state index in [2.05, 4.69) is 31.0 Å². The van der Waals surface area contributed by atoms with Gasteiger partial charge < -0.3 is 0 Å². The Morgan fingerprint density at radius 2 is 2.33 bits per heavy atom. The molecule has 0 bridgehead atoms. The molecule has 0 unspecified atom stereocenters. The third kappa shape index (κ3) is 1.32. The summed E-state index contributed by atoms with van der Waals surface area (Å²) in [5.41, 5.74) is 0.937. The molecule has 76 valence electrons. The Morgan fingerprint density at radius 3 is 3.00 bits per heavy atom. The zero-order valence-corrected chi connectivity index (χ0v) is 10.3. The van der Waals surface area contributed by atoms with E-state index in [1.54, 1.807) is 11.3 Å². The van der Waals surface area contributed by atoms with Crippen LogP contribution in [0.4, 0.5) is 0 Å². The van der Waals surface area contributed by atoms with Crippen LogP contribution in [0.2, 0.25) is 0 Å². The van der Waals surface area contributed by atoms with Crippen molar-refractivity contribution >= 4 is 33.0 Å². The van der Waals surface area contributed by atoms with E-state index < -0.39 is 0 Å². The molecule has 1 N–H and O–H groups in total. The number of nitrogens with zero attached hydrogens (tertiary/aromatic N) is 3. The topological polar surface area (TPSA) is 46.0 Å². The van der Waals surface area contributed by atoms with Gasteiger partial charge in [-0.1, -0.05) is 6.07 Å². The highest BCUT2D eigenvalue weighted by Crippen LogP contribution is 2.24. The highest BCUT2D eigenvalue weighted by Gasteiger charge is 2.11. The summed E-state index contributed by atoms with van der Waals surface area (Å²) in [7, 11) is 0. The smallest absolute Gasteiger partial charge is 0.252 e. The second kappa shape index (κ2) is 3.18. The Morgan fingerprint density at radius 1 is 1.47 bits per heavy atom. The first-order chi connectivity index (χ1) is 7.25. The van der Waals surface area contributed by atoms with E-state index in [9.17, 15) is 0 Å². The normalized spacial score (nSPS) is 11.3. The van der Waals surface area contributed by atoms with E-state index in [0.29, 0.717) is 5.78 Å². The first-order valence-corrected chi connectivity index (χ1v) is 6.07. The van der Waals surface area contributed by atoms with Crippen molar-refractivity contribution in [3.05, 3.63) is 27.8 Å². The second-order valence-corrected chi connectivity index (χ2v) is 4.87. The molecule has 0 aliphatic rings. The van der Waals surface area contributed by atoms with Gasteiger partial charge in [0, 0.05) is 0 Å². The SMILES string of the molecule is Cc1nc2nc(-c3cccs3)[nH]n2c1Br. The molecule has 0 aliphatic heterocycles. The van der Waals surface area contributed by atoms with Gasteiger partial charge in [0.05, 0.1) is 10.6 Å². The molecule has 0 aliphatic carbocycles. The van der Waals surface area contributed by atoms with Crippen molar-refractivity contribution in [1.82, 2.24) is 19.6 Å². The lowest BCUT2D eigenvalue weighted by atomic mass is 10.4. The number of fused-ring (bicyclic) bond motifs is 1. The molecule has 0 atom stereocenters. The number of imidazole rings is 1. The van der Waals surface area contributed by atoms with Crippen molar-refractivity contribution < 1.29 is 0 Å². The van der Waals surface area contributed by atoms with E-state index in [-0.39, 0.29) is 0 Å². The molecule has 3 heterocycles. The number of rotatable bonds is 1. The molecule has 0 amide bonds. The van der Waals surface area contributed by atoms with Gasteiger partial charge in [0.25, 0.3) is 5.78 Å². The molecule has 3 aromatic rings. The Labute approximate surface area is 98.1 Å². The lowest BCUT2D eigenvalue weighted by Crippen LogP contribution is -1.84. The minimum Gasteiger partial charge on any atom is -0.272 e. The Bertz CT molecular complexity index is 607. The predicted octanol–water partition coefficient (Wildman–Crippen LogP) is 2.86. The van der Waals surface area contributed by atoms with Gasteiger partial charge in [0.1, 0.15) is 4.60 Å². The van der Waals surface area contributed by atoms with Gasteiger partial charge in [-0.05, 0) is 34.3 Å². The maximum Gasteiger partial charge on any atom is 0.252 e.